The Hall–Kier alpha value is -1.27. The van der Waals surface area contributed by atoms with E-state index in [4.69, 9.17) is 10.5 Å². The standard InChI is InChI=1S/C13H13Br2N3O/c1-7-3-4-10(16)13(17-7)18-11-6-12(19-2)9(15)5-8(11)14/h3-6H,16H2,1-2H3,(H,17,18). The molecule has 1 heterocycles. The molecule has 19 heavy (non-hydrogen) atoms. The molecule has 100 valence electrons. The number of rotatable bonds is 3. The summed E-state index contributed by atoms with van der Waals surface area (Å²) < 4.78 is 7.04. The number of nitrogen functional groups attached to an aromatic ring is 1. The van der Waals surface area contributed by atoms with Crippen LogP contribution in [0.3, 0.4) is 0 Å². The van der Waals surface area contributed by atoms with Gasteiger partial charge in [0.15, 0.2) is 5.82 Å². The number of benzene rings is 1. The van der Waals surface area contributed by atoms with E-state index in [1.807, 2.05) is 31.2 Å². The molecule has 0 atom stereocenters. The van der Waals surface area contributed by atoms with Crippen molar-refractivity contribution in [3.63, 3.8) is 0 Å². The second-order valence-electron chi connectivity index (χ2n) is 3.98. The number of halogens is 2. The molecule has 3 N–H and O–H groups in total. The first-order valence-electron chi connectivity index (χ1n) is 5.54. The molecule has 0 fully saturated rings. The average Bonchev–Trinajstić information content (AvgIpc) is 2.37. The van der Waals surface area contributed by atoms with Crippen molar-refractivity contribution in [2.24, 2.45) is 0 Å². The normalized spacial score (nSPS) is 10.3. The van der Waals surface area contributed by atoms with Crippen LogP contribution >= 0.6 is 31.9 Å². The first kappa shape index (κ1) is 14.1. The summed E-state index contributed by atoms with van der Waals surface area (Å²) in [4.78, 5) is 4.38. The molecule has 0 aliphatic rings. The number of aromatic nitrogens is 1. The zero-order valence-corrected chi connectivity index (χ0v) is 13.7. The molecule has 6 heteroatoms. The summed E-state index contributed by atoms with van der Waals surface area (Å²) in [5.74, 6) is 1.36. The highest BCUT2D eigenvalue weighted by atomic mass is 79.9. The monoisotopic (exact) mass is 385 g/mol. The molecular formula is C13H13Br2N3O. The van der Waals surface area contributed by atoms with Gasteiger partial charge in [0.1, 0.15) is 5.75 Å². The molecule has 0 bridgehead atoms. The van der Waals surface area contributed by atoms with Crippen LogP contribution in [0.15, 0.2) is 33.2 Å². The summed E-state index contributed by atoms with van der Waals surface area (Å²) in [5.41, 5.74) is 8.24. The molecular weight excluding hydrogens is 374 g/mol. The number of hydrogen-bond acceptors (Lipinski definition) is 4. The minimum absolute atomic E-state index is 0.597. The van der Waals surface area contributed by atoms with E-state index in [0.717, 1.165) is 26.1 Å². The highest BCUT2D eigenvalue weighted by molar-refractivity contribution is 9.11. The summed E-state index contributed by atoms with van der Waals surface area (Å²) in [6.45, 7) is 1.92. The van der Waals surface area contributed by atoms with Crippen LogP contribution in [-0.4, -0.2) is 12.1 Å². The fourth-order valence-corrected chi connectivity index (χ4v) is 2.83. The third kappa shape index (κ3) is 3.19. The van der Waals surface area contributed by atoms with E-state index < -0.39 is 0 Å². The van der Waals surface area contributed by atoms with E-state index >= 15 is 0 Å². The highest BCUT2D eigenvalue weighted by Crippen LogP contribution is 2.36. The van der Waals surface area contributed by atoms with Gasteiger partial charge < -0.3 is 15.8 Å². The second kappa shape index (κ2) is 5.79. The van der Waals surface area contributed by atoms with E-state index in [1.165, 1.54) is 0 Å². The van der Waals surface area contributed by atoms with Gasteiger partial charge in [-0.15, -0.1) is 0 Å². The van der Waals surface area contributed by atoms with Crippen LogP contribution in [0.25, 0.3) is 0 Å². The van der Waals surface area contributed by atoms with Crippen molar-refractivity contribution in [1.82, 2.24) is 4.98 Å². The van der Waals surface area contributed by atoms with Gasteiger partial charge in [0.2, 0.25) is 0 Å². The molecule has 0 spiro atoms. The molecule has 0 aliphatic heterocycles. The lowest BCUT2D eigenvalue weighted by Crippen LogP contribution is -2.01. The summed E-state index contributed by atoms with van der Waals surface area (Å²) in [7, 11) is 1.62. The maximum absolute atomic E-state index is 5.91. The number of pyridine rings is 1. The average molecular weight is 387 g/mol. The molecule has 2 rings (SSSR count). The van der Waals surface area contributed by atoms with Crippen molar-refractivity contribution in [3.05, 3.63) is 38.9 Å². The number of anilines is 3. The van der Waals surface area contributed by atoms with Crippen LogP contribution in [0.4, 0.5) is 17.2 Å². The molecule has 0 saturated carbocycles. The number of methoxy groups -OCH3 is 1. The Morgan fingerprint density at radius 3 is 2.63 bits per heavy atom. The number of hydrogen-bond donors (Lipinski definition) is 2. The van der Waals surface area contributed by atoms with Crippen LogP contribution < -0.4 is 15.8 Å². The quantitative estimate of drug-likeness (QED) is 0.827. The van der Waals surface area contributed by atoms with Crippen molar-refractivity contribution >= 4 is 49.1 Å². The third-order valence-electron chi connectivity index (χ3n) is 2.56. The minimum atomic E-state index is 0.597. The van der Waals surface area contributed by atoms with Crippen molar-refractivity contribution in [3.8, 4) is 5.75 Å². The lowest BCUT2D eigenvalue weighted by atomic mass is 10.3. The first-order chi connectivity index (χ1) is 9.01. The van der Waals surface area contributed by atoms with Gasteiger partial charge in [0.25, 0.3) is 0 Å². The van der Waals surface area contributed by atoms with Crippen LogP contribution in [0.5, 0.6) is 5.75 Å². The molecule has 1 aromatic heterocycles. The summed E-state index contributed by atoms with van der Waals surface area (Å²) >= 11 is 6.92. The summed E-state index contributed by atoms with van der Waals surface area (Å²) in [6, 6.07) is 7.48. The second-order valence-corrected chi connectivity index (χ2v) is 5.69. The van der Waals surface area contributed by atoms with Gasteiger partial charge in [-0.05, 0) is 57.0 Å². The zero-order chi connectivity index (χ0) is 14.0. The van der Waals surface area contributed by atoms with Gasteiger partial charge in [-0.1, -0.05) is 0 Å². The molecule has 0 saturated heterocycles. The van der Waals surface area contributed by atoms with Crippen molar-refractivity contribution in [2.45, 2.75) is 6.92 Å². The predicted molar refractivity (Wildman–Crippen MR) is 85.1 cm³/mol. The van der Waals surface area contributed by atoms with Crippen LogP contribution in [-0.2, 0) is 0 Å². The largest absolute Gasteiger partial charge is 0.495 e. The minimum Gasteiger partial charge on any atom is -0.495 e. The predicted octanol–water partition coefficient (Wildman–Crippen LogP) is 4.25. The van der Waals surface area contributed by atoms with Crippen LogP contribution in [0, 0.1) is 6.92 Å². The zero-order valence-electron chi connectivity index (χ0n) is 10.5. The Morgan fingerprint density at radius 1 is 1.21 bits per heavy atom. The van der Waals surface area contributed by atoms with Gasteiger partial charge in [-0.3, -0.25) is 0 Å². The Labute approximate surface area is 128 Å². The summed E-state index contributed by atoms with van der Waals surface area (Å²) in [5, 5.41) is 3.20. The Balaban J connectivity index is 2.40. The SMILES string of the molecule is COc1cc(Nc2nc(C)ccc2N)c(Br)cc1Br. The fraction of sp³-hybridized carbons (Fsp3) is 0.154. The van der Waals surface area contributed by atoms with Gasteiger partial charge >= 0.3 is 0 Å². The van der Waals surface area contributed by atoms with E-state index in [9.17, 15) is 0 Å². The number of nitrogens with zero attached hydrogens (tertiary/aromatic N) is 1. The maximum Gasteiger partial charge on any atom is 0.153 e. The van der Waals surface area contributed by atoms with E-state index in [0.29, 0.717) is 11.5 Å². The van der Waals surface area contributed by atoms with E-state index in [1.54, 1.807) is 7.11 Å². The third-order valence-corrected chi connectivity index (χ3v) is 3.84. The highest BCUT2D eigenvalue weighted by Gasteiger charge is 2.09. The van der Waals surface area contributed by atoms with E-state index in [2.05, 4.69) is 42.2 Å². The Morgan fingerprint density at radius 2 is 1.95 bits per heavy atom. The molecule has 0 unspecified atom stereocenters. The van der Waals surface area contributed by atoms with E-state index in [-0.39, 0.29) is 0 Å². The number of nitrogens with two attached hydrogens (primary N) is 1. The van der Waals surface area contributed by atoms with Crippen molar-refractivity contribution in [1.29, 1.82) is 0 Å². The van der Waals surface area contributed by atoms with Crippen LogP contribution in [0.2, 0.25) is 0 Å². The molecule has 1 aromatic carbocycles. The lowest BCUT2D eigenvalue weighted by molar-refractivity contribution is 0.412. The fourth-order valence-electron chi connectivity index (χ4n) is 1.58. The number of aryl methyl sites for hydroxylation is 1. The Bertz CT molecular complexity index is 617. The number of ether oxygens (including phenoxy) is 1. The summed E-state index contributed by atoms with van der Waals surface area (Å²) in [6.07, 6.45) is 0. The van der Waals surface area contributed by atoms with Crippen molar-refractivity contribution in [2.75, 3.05) is 18.2 Å². The van der Waals surface area contributed by atoms with Crippen LogP contribution in [0.1, 0.15) is 5.69 Å². The lowest BCUT2D eigenvalue weighted by Gasteiger charge is -2.13. The van der Waals surface area contributed by atoms with Gasteiger partial charge in [0.05, 0.1) is 23.0 Å². The van der Waals surface area contributed by atoms with Crippen molar-refractivity contribution < 1.29 is 4.74 Å². The van der Waals surface area contributed by atoms with Gasteiger partial charge in [0, 0.05) is 16.2 Å². The molecule has 0 aliphatic carbocycles. The smallest absolute Gasteiger partial charge is 0.153 e. The maximum atomic E-state index is 5.91. The topological polar surface area (TPSA) is 60.2 Å². The molecule has 4 nitrogen and oxygen atoms in total. The first-order valence-corrected chi connectivity index (χ1v) is 7.13. The molecule has 0 radical (unpaired) electrons. The van der Waals surface area contributed by atoms with Gasteiger partial charge in [-0.25, -0.2) is 4.98 Å². The Kier molecular flexibility index (Phi) is 4.31. The molecule has 2 aromatic rings. The van der Waals surface area contributed by atoms with Gasteiger partial charge in [-0.2, -0.15) is 0 Å². The molecule has 0 amide bonds. The number of nitrogens with one attached hydrogen (secondary N) is 1.